The molecule has 0 spiro atoms. The Morgan fingerprint density at radius 3 is 3.04 bits per heavy atom. The smallest absolute Gasteiger partial charge is 0.301 e. The van der Waals surface area contributed by atoms with Gasteiger partial charge in [-0.1, -0.05) is 6.58 Å². The van der Waals surface area contributed by atoms with E-state index in [2.05, 4.69) is 22.0 Å². The molecule has 1 amide bonds. The normalized spacial score (nSPS) is 17.0. The molecule has 3 heterocycles. The highest BCUT2D eigenvalue weighted by molar-refractivity contribution is 6.03. The highest BCUT2D eigenvalue weighted by atomic mass is 16.4. The van der Waals surface area contributed by atoms with Crippen LogP contribution < -0.4 is 5.32 Å². The fourth-order valence-electron chi connectivity index (χ4n) is 2.60. The monoisotopic (exact) mass is 312 g/mol. The van der Waals surface area contributed by atoms with Gasteiger partial charge in [-0.3, -0.25) is 15.1 Å². The molecule has 4 rings (SSSR count). The molecule has 0 saturated heterocycles. The van der Waals surface area contributed by atoms with Crippen LogP contribution >= 0.6 is 0 Å². The van der Waals surface area contributed by atoms with Gasteiger partial charge in [-0.15, -0.1) is 0 Å². The Hall–Kier alpha value is -2.83. The first-order valence-corrected chi connectivity index (χ1v) is 7.47. The van der Waals surface area contributed by atoms with E-state index in [4.69, 9.17) is 8.83 Å². The minimum absolute atomic E-state index is 0.0297. The topological polar surface area (TPSA) is 83.9 Å². The molecule has 1 saturated carbocycles. The third kappa shape index (κ3) is 2.54. The molecule has 0 aromatic carbocycles. The summed E-state index contributed by atoms with van der Waals surface area (Å²) in [6.07, 6.45) is 5.19. The molecule has 7 heteroatoms. The lowest BCUT2D eigenvalue weighted by molar-refractivity contribution is -0.116. The van der Waals surface area contributed by atoms with E-state index in [-0.39, 0.29) is 18.5 Å². The van der Waals surface area contributed by atoms with Crippen molar-refractivity contribution in [3.05, 3.63) is 42.2 Å². The number of nitrogens with one attached hydrogen (secondary N) is 1. The molecule has 1 N–H and O–H groups in total. The summed E-state index contributed by atoms with van der Waals surface area (Å²) in [7, 11) is 0. The molecule has 1 aliphatic carbocycles. The molecular weight excluding hydrogens is 296 g/mol. The molecule has 0 radical (unpaired) electrons. The molecule has 2 aromatic heterocycles. The summed E-state index contributed by atoms with van der Waals surface area (Å²) >= 11 is 0. The van der Waals surface area contributed by atoms with Crippen molar-refractivity contribution >= 4 is 23.3 Å². The summed E-state index contributed by atoms with van der Waals surface area (Å²) in [6.45, 7) is 5.95. The Balaban J connectivity index is 1.52. The minimum atomic E-state index is -0.278. The van der Waals surface area contributed by atoms with Gasteiger partial charge in [0.1, 0.15) is 24.3 Å². The average Bonchev–Trinajstić information content (AvgIpc) is 3.06. The number of carbonyl (C=O) groups excluding carboxylic acids is 1. The fourth-order valence-corrected chi connectivity index (χ4v) is 2.60. The number of anilines is 1. The van der Waals surface area contributed by atoms with Gasteiger partial charge in [0.05, 0.1) is 11.9 Å². The van der Waals surface area contributed by atoms with Crippen LogP contribution in [0.2, 0.25) is 0 Å². The number of hydrogen-bond donors (Lipinski definition) is 1. The van der Waals surface area contributed by atoms with Crippen molar-refractivity contribution in [2.24, 2.45) is 5.10 Å². The van der Waals surface area contributed by atoms with Crippen molar-refractivity contribution < 1.29 is 13.6 Å². The van der Waals surface area contributed by atoms with E-state index in [1.54, 1.807) is 5.01 Å². The molecule has 0 bridgehead atoms. The van der Waals surface area contributed by atoms with E-state index in [1.807, 2.05) is 13.0 Å². The first kappa shape index (κ1) is 13.8. The second-order valence-electron chi connectivity index (χ2n) is 5.74. The van der Waals surface area contributed by atoms with Gasteiger partial charge in [0, 0.05) is 11.5 Å². The van der Waals surface area contributed by atoms with Crippen LogP contribution in [0.1, 0.15) is 42.8 Å². The lowest BCUT2D eigenvalue weighted by atomic mass is 10.1. The molecule has 1 aliphatic heterocycles. The fraction of sp³-hybridized carbons (Fsp3) is 0.312. The van der Waals surface area contributed by atoms with Gasteiger partial charge in [-0.05, 0) is 25.8 Å². The Labute approximate surface area is 132 Å². The molecular formula is C16H16N4O3. The van der Waals surface area contributed by atoms with Crippen molar-refractivity contribution in [3.8, 4) is 0 Å². The molecule has 23 heavy (non-hydrogen) atoms. The summed E-state index contributed by atoms with van der Waals surface area (Å²) in [4.78, 5) is 15.9. The van der Waals surface area contributed by atoms with Crippen molar-refractivity contribution in [1.29, 1.82) is 0 Å². The van der Waals surface area contributed by atoms with Crippen LogP contribution in [0.15, 0.2) is 39.0 Å². The van der Waals surface area contributed by atoms with Crippen molar-refractivity contribution in [2.75, 3.05) is 11.9 Å². The van der Waals surface area contributed by atoms with Crippen molar-refractivity contribution in [1.82, 2.24) is 9.99 Å². The van der Waals surface area contributed by atoms with Crippen LogP contribution in [0.3, 0.4) is 0 Å². The van der Waals surface area contributed by atoms with E-state index >= 15 is 0 Å². The summed E-state index contributed by atoms with van der Waals surface area (Å²) in [5, 5.41) is 8.55. The van der Waals surface area contributed by atoms with E-state index in [1.165, 1.54) is 12.5 Å². The van der Waals surface area contributed by atoms with Crippen molar-refractivity contribution in [2.45, 2.75) is 25.7 Å². The van der Waals surface area contributed by atoms with Gasteiger partial charge in [0.25, 0.3) is 0 Å². The Bertz CT molecular complexity index is 799. The van der Waals surface area contributed by atoms with Gasteiger partial charge in [0.15, 0.2) is 5.76 Å². The summed E-state index contributed by atoms with van der Waals surface area (Å²) < 4.78 is 10.9. The first-order chi connectivity index (χ1) is 11.1. The number of amides is 1. The maximum absolute atomic E-state index is 12.1. The Morgan fingerprint density at radius 1 is 1.52 bits per heavy atom. The van der Waals surface area contributed by atoms with E-state index < -0.39 is 0 Å². The van der Waals surface area contributed by atoms with Crippen LogP contribution in [-0.4, -0.2) is 28.2 Å². The predicted octanol–water partition coefficient (Wildman–Crippen LogP) is 2.79. The number of oxazole rings is 1. The van der Waals surface area contributed by atoms with E-state index in [0.29, 0.717) is 11.6 Å². The van der Waals surface area contributed by atoms with Gasteiger partial charge in [-0.25, -0.2) is 4.98 Å². The summed E-state index contributed by atoms with van der Waals surface area (Å²) in [5.41, 5.74) is 2.30. The third-order valence-corrected chi connectivity index (χ3v) is 3.92. The number of aromatic nitrogens is 1. The maximum atomic E-state index is 12.1. The zero-order valence-corrected chi connectivity index (χ0v) is 12.7. The lowest BCUT2D eigenvalue weighted by Crippen LogP contribution is -2.31. The number of hydrogen-bond acceptors (Lipinski definition) is 6. The van der Waals surface area contributed by atoms with Gasteiger partial charge >= 0.3 is 6.01 Å². The highest BCUT2D eigenvalue weighted by Gasteiger charge is 2.32. The maximum Gasteiger partial charge on any atom is 0.301 e. The third-order valence-electron chi connectivity index (χ3n) is 3.92. The number of hydrazone groups is 1. The zero-order valence-electron chi connectivity index (χ0n) is 12.7. The summed E-state index contributed by atoms with van der Waals surface area (Å²) in [5.74, 6) is 1.97. The second-order valence-corrected chi connectivity index (χ2v) is 5.74. The average molecular weight is 312 g/mol. The lowest BCUT2D eigenvalue weighted by Gasteiger charge is -2.24. The van der Waals surface area contributed by atoms with Crippen LogP contribution in [0, 0.1) is 0 Å². The largest absolute Gasteiger partial charge is 0.459 e. The van der Waals surface area contributed by atoms with Crippen LogP contribution in [0.5, 0.6) is 0 Å². The van der Waals surface area contributed by atoms with Gasteiger partial charge in [0.2, 0.25) is 5.91 Å². The number of furan rings is 1. The van der Waals surface area contributed by atoms with Crippen LogP contribution in [0.25, 0.3) is 5.70 Å². The number of rotatable bonds is 4. The molecule has 1 fully saturated rings. The highest BCUT2D eigenvalue weighted by Crippen LogP contribution is 2.43. The predicted molar refractivity (Wildman–Crippen MR) is 83.8 cm³/mol. The molecule has 0 unspecified atom stereocenters. The van der Waals surface area contributed by atoms with Crippen LogP contribution in [0.4, 0.5) is 6.01 Å². The quantitative estimate of drug-likeness (QED) is 0.938. The molecule has 2 aliphatic rings. The van der Waals surface area contributed by atoms with E-state index in [9.17, 15) is 4.79 Å². The molecule has 0 atom stereocenters. The minimum Gasteiger partial charge on any atom is -0.459 e. The molecule has 2 aromatic rings. The number of nitrogens with zero attached hydrogens (tertiary/aromatic N) is 3. The zero-order chi connectivity index (χ0) is 16.0. The SMILES string of the molecule is C=C1c2cc(C3CC3)oc2C(C)=NN1CC(=O)Nc1ncco1. The molecule has 7 nitrogen and oxygen atoms in total. The van der Waals surface area contributed by atoms with Gasteiger partial charge < -0.3 is 8.83 Å². The summed E-state index contributed by atoms with van der Waals surface area (Å²) in [6, 6.07) is 2.19. The Morgan fingerprint density at radius 2 is 2.35 bits per heavy atom. The van der Waals surface area contributed by atoms with Gasteiger partial charge in [-0.2, -0.15) is 5.10 Å². The van der Waals surface area contributed by atoms with Crippen LogP contribution in [-0.2, 0) is 4.79 Å². The second kappa shape index (κ2) is 5.12. The Kier molecular flexibility index (Phi) is 3.07. The molecule has 118 valence electrons. The van der Waals surface area contributed by atoms with Crippen molar-refractivity contribution in [3.63, 3.8) is 0 Å². The number of fused-ring (bicyclic) bond motifs is 1. The number of carbonyl (C=O) groups is 1. The first-order valence-electron chi connectivity index (χ1n) is 7.47. The van der Waals surface area contributed by atoms with E-state index in [0.717, 1.165) is 35.6 Å². The standard InChI is InChI=1S/C16H16N4O3/c1-9-15-12(7-13(23-15)11-3-4-11)10(2)20(19-9)8-14(21)18-16-17-5-6-22-16/h5-7,11H,2-4,8H2,1H3,(H,17,18,21).